The highest BCUT2D eigenvalue weighted by atomic mass is 35.6. The molecule has 0 bridgehead atoms. The van der Waals surface area contributed by atoms with Gasteiger partial charge in [-0.1, -0.05) is 59.1 Å². The monoisotopic (exact) mass is 469 g/mol. The van der Waals surface area contributed by atoms with Crippen molar-refractivity contribution in [3.63, 3.8) is 0 Å². The van der Waals surface area contributed by atoms with Gasteiger partial charge in [0.1, 0.15) is 6.17 Å². The first-order chi connectivity index (χ1) is 13.0. The average Bonchev–Trinajstić information content (AvgIpc) is 2.60. The molecule has 0 saturated carbocycles. The largest absolute Gasteiger partial charge is 0.416 e. The molecule has 0 unspecified atom stereocenters. The Bertz CT molecular complexity index is 845. The second-order valence-electron chi connectivity index (χ2n) is 5.49. The Morgan fingerprint density at radius 2 is 1.61 bits per heavy atom. The number of alkyl halides is 6. The van der Waals surface area contributed by atoms with E-state index < -0.39 is 27.6 Å². The smallest absolute Gasteiger partial charge is 0.339 e. The SMILES string of the molecule is O=C(N[C@H](NC(=S)Nc1cccc(C(F)(F)F)c1)C(Cl)(Cl)Cl)c1ccccc1. The fourth-order valence-corrected chi connectivity index (χ4v) is 2.64. The quantitative estimate of drug-likeness (QED) is 0.330. The summed E-state index contributed by atoms with van der Waals surface area (Å²) in [6.07, 6.45) is -5.76. The lowest BCUT2D eigenvalue weighted by Crippen LogP contribution is -2.56. The molecule has 2 rings (SSSR count). The van der Waals surface area contributed by atoms with Crippen LogP contribution in [-0.4, -0.2) is 21.0 Å². The Hall–Kier alpha value is -1.74. The molecule has 0 radical (unpaired) electrons. The minimum Gasteiger partial charge on any atom is -0.339 e. The fraction of sp³-hybridized carbons (Fsp3) is 0.176. The number of carbonyl (C=O) groups excluding carboxylic acids is 1. The average molecular weight is 471 g/mol. The van der Waals surface area contributed by atoms with Crippen LogP contribution in [0.2, 0.25) is 0 Å². The maximum atomic E-state index is 12.8. The number of benzene rings is 2. The molecule has 0 aliphatic carbocycles. The van der Waals surface area contributed by atoms with Gasteiger partial charge in [0.15, 0.2) is 5.11 Å². The van der Waals surface area contributed by atoms with Gasteiger partial charge in [0.2, 0.25) is 3.79 Å². The van der Waals surface area contributed by atoms with Crippen LogP contribution >= 0.6 is 47.0 Å². The highest BCUT2D eigenvalue weighted by molar-refractivity contribution is 7.80. The van der Waals surface area contributed by atoms with Gasteiger partial charge in [-0.25, -0.2) is 0 Å². The number of nitrogens with one attached hydrogen (secondary N) is 3. The van der Waals surface area contributed by atoms with Crippen LogP contribution in [0.25, 0.3) is 0 Å². The van der Waals surface area contributed by atoms with Gasteiger partial charge in [-0.05, 0) is 42.5 Å². The molecule has 2 aromatic carbocycles. The number of anilines is 1. The molecule has 0 saturated heterocycles. The first kappa shape index (κ1) is 22.5. The number of hydrogen-bond acceptors (Lipinski definition) is 2. The molecule has 150 valence electrons. The molecule has 2 aromatic rings. The number of halogens is 6. The van der Waals surface area contributed by atoms with Crippen molar-refractivity contribution < 1.29 is 18.0 Å². The van der Waals surface area contributed by atoms with Gasteiger partial charge < -0.3 is 16.0 Å². The maximum absolute atomic E-state index is 12.8. The third-order valence-electron chi connectivity index (χ3n) is 3.36. The molecular weight excluding hydrogens is 458 g/mol. The first-order valence-corrected chi connectivity index (χ1v) is 9.18. The van der Waals surface area contributed by atoms with E-state index >= 15 is 0 Å². The molecule has 1 atom stereocenters. The van der Waals surface area contributed by atoms with E-state index in [1.54, 1.807) is 30.3 Å². The van der Waals surface area contributed by atoms with E-state index in [0.29, 0.717) is 5.56 Å². The lowest BCUT2D eigenvalue weighted by molar-refractivity contribution is -0.137. The van der Waals surface area contributed by atoms with Crippen molar-refractivity contribution in [3.8, 4) is 0 Å². The van der Waals surface area contributed by atoms with E-state index in [1.807, 2.05) is 0 Å². The van der Waals surface area contributed by atoms with Crippen molar-refractivity contribution in [2.45, 2.75) is 16.1 Å². The van der Waals surface area contributed by atoms with Gasteiger partial charge >= 0.3 is 6.18 Å². The van der Waals surface area contributed by atoms with Gasteiger partial charge in [-0.2, -0.15) is 13.2 Å². The Kier molecular flexibility index (Phi) is 7.39. The zero-order chi connectivity index (χ0) is 20.9. The highest BCUT2D eigenvalue weighted by Gasteiger charge is 2.35. The van der Waals surface area contributed by atoms with Gasteiger partial charge in [0, 0.05) is 11.3 Å². The van der Waals surface area contributed by atoms with E-state index in [1.165, 1.54) is 12.1 Å². The predicted octanol–water partition coefficient (Wildman–Crippen LogP) is 5.12. The number of rotatable bonds is 4. The van der Waals surface area contributed by atoms with Crippen LogP contribution in [0.5, 0.6) is 0 Å². The molecule has 1 amide bonds. The molecule has 4 nitrogen and oxygen atoms in total. The molecular formula is C17H13Cl3F3N3OS. The summed E-state index contributed by atoms with van der Waals surface area (Å²) < 4.78 is 36.4. The second-order valence-corrected chi connectivity index (χ2v) is 8.27. The zero-order valence-corrected chi connectivity index (χ0v) is 16.9. The number of hydrogen-bond donors (Lipinski definition) is 3. The highest BCUT2D eigenvalue weighted by Crippen LogP contribution is 2.31. The summed E-state index contributed by atoms with van der Waals surface area (Å²) in [6, 6.07) is 12.6. The number of amides is 1. The van der Waals surface area contributed by atoms with Crippen LogP contribution < -0.4 is 16.0 Å². The number of carbonyl (C=O) groups is 1. The molecule has 0 aliphatic heterocycles. The van der Waals surface area contributed by atoms with Gasteiger partial charge in [0.25, 0.3) is 5.91 Å². The molecule has 0 aromatic heterocycles. The summed E-state index contributed by atoms with van der Waals surface area (Å²) in [5.74, 6) is -0.536. The van der Waals surface area contributed by atoms with E-state index in [0.717, 1.165) is 12.1 Å². The van der Waals surface area contributed by atoms with E-state index in [-0.39, 0.29) is 10.8 Å². The summed E-state index contributed by atoms with van der Waals surface area (Å²) in [5, 5.41) is 7.46. The van der Waals surface area contributed by atoms with Crippen molar-refractivity contribution in [1.29, 1.82) is 0 Å². The molecule has 3 N–H and O–H groups in total. The first-order valence-electron chi connectivity index (χ1n) is 7.64. The molecule has 0 fully saturated rings. The maximum Gasteiger partial charge on any atom is 0.416 e. The van der Waals surface area contributed by atoms with Crippen LogP contribution in [0.1, 0.15) is 15.9 Å². The number of thiocarbonyl (C=S) groups is 1. The fourth-order valence-electron chi connectivity index (χ4n) is 2.08. The van der Waals surface area contributed by atoms with Crippen LogP contribution in [0, 0.1) is 0 Å². The Labute approximate surface area is 179 Å². The van der Waals surface area contributed by atoms with Crippen molar-refractivity contribution in [2.24, 2.45) is 0 Å². The summed E-state index contributed by atoms with van der Waals surface area (Å²) in [5.41, 5.74) is -0.458. The van der Waals surface area contributed by atoms with E-state index in [2.05, 4.69) is 16.0 Å². The summed E-state index contributed by atoms with van der Waals surface area (Å²) >= 11 is 22.7. The predicted molar refractivity (Wildman–Crippen MR) is 109 cm³/mol. The summed E-state index contributed by atoms with van der Waals surface area (Å²) in [4.78, 5) is 12.3. The Balaban J connectivity index is 2.08. The molecule has 0 heterocycles. The molecule has 28 heavy (non-hydrogen) atoms. The van der Waals surface area contributed by atoms with Crippen LogP contribution in [-0.2, 0) is 6.18 Å². The van der Waals surface area contributed by atoms with Crippen molar-refractivity contribution in [3.05, 3.63) is 65.7 Å². The van der Waals surface area contributed by atoms with Crippen molar-refractivity contribution in [2.75, 3.05) is 5.32 Å². The molecule has 11 heteroatoms. The normalized spacial score (nSPS) is 12.8. The van der Waals surface area contributed by atoms with E-state index in [4.69, 9.17) is 47.0 Å². The Morgan fingerprint density at radius 3 is 2.18 bits per heavy atom. The molecule has 0 aliphatic rings. The van der Waals surface area contributed by atoms with Crippen molar-refractivity contribution in [1.82, 2.24) is 10.6 Å². The second kappa shape index (κ2) is 9.17. The Morgan fingerprint density at radius 1 is 0.964 bits per heavy atom. The standard InChI is InChI=1S/C17H13Cl3F3N3OS/c18-16(19,20)14(25-13(27)10-5-2-1-3-6-10)26-15(28)24-12-8-4-7-11(9-12)17(21,22)23/h1-9,14H,(H,25,27)(H2,24,26,28)/t14-/m1/s1. The van der Waals surface area contributed by atoms with Gasteiger partial charge in [-0.15, -0.1) is 0 Å². The minimum absolute atomic E-state index is 0.0739. The third kappa shape index (κ3) is 6.70. The summed E-state index contributed by atoms with van der Waals surface area (Å²) in [7, 11) is 0. The van der Waals surface area contributed by atoms with Crippen LogP contribution in [0.3, 0.4) is 0 Å². The van der Waals surface area contributed by atoms with E-state index in [9.17, 15) is 18.0 Å². The lowest BCUT2D eigenvalue weighted by atomic mass is 10.2. The van der Waals surface area contributed by atoms with Crippen LogP contribution in [0.4, 0.5) is 18.9 Å². The van der Waals surface area contributed by atoms with Crippen LogP contribution in [0.15, 0.2) is 54.6 Å². The van der Waals surface area contributed by atoms with Crippen molar-refractivity contribution >= 4 is 63.7 Å². The third-order valence-corrected chi connectivity index (χ3v) is 4.24. The van der Waals surface area contributed by atoms with Gasteiger partial charge in [-0.3, -0.25) is 4.79 Å². The topological polar surface area (TPSA) is 53.2 Å². The summed E-state index contributed by atoms with van der Waals surface area (Å²) in [6.45, 7) is 0. The minimum atomic E-state index is -4.50. The van der Waals surface area contributed by atoms with Gasteiger partial charge in [0.05, 0.1) is 5.56 Å². The lowest BCUT2D eigenvalue weighted by Gasteiger charge is -2.27. The zero-order valence-electron chi connectivity index (χ0n) is 13.9. The molecule has 0 spiro atoms.